The Balaban J connectivity index is 1.52. The van der Waals surface area contributed by atoms with E-state index in [9.17, 15) is 4.79 Å². The van der Waals surface area contributed by atoms with E-state index in [0.717, 1.165) is 62.3 Å². The number of carbonyl (C=O) groups excluding carboxylic acids is 1. The number of nitrogens with zero attached hydrogens (tertiary/aromatic N) is 3. The highest BCUT2D eigenvalue weighted by atomic mass is 16.5. The van der Waals surface area contributed by atoms with Crippen molar-refractivity contribution in [2.24, 2.45) is 5.92 Å². The van der Waals surface area contributed by atoms with Crippen LogP contribution in [0.4, 0.5) is 5.82 Å². The van der Waals surface area contributed by atoms with Gasteiger partial charge >= 0.3 is 0 Å². The quantitative estimate of drug-likeness (QED) is 0.689. The number of benzene rings is 1. The zero-order valence-corrected chi connectivity index (χ0v) is 19.4. The van der Waals surface area contributed by atoms with E-state index in [4.69, 9.17) is 14.5 Å². The van der Waals surface area contributed by atoms with E-state index in [-0.39, 0.29) is 17.9 Å². The largest absolute Gasteiger partial charge is 0.378 e. The Hall–Kier alpha value is -2.18. The average molecular weight is 438 g/mol. The molecular formula is C26H35N3O3. The molecule has 1 aromatic carbocycles. The van der Waals surface area contributed by atoms with Crippen molar-refractivity contribution < 1.29 is 14.3 Å². The van der Waals surface area contributed by atoms with E-state index >= 15 is 0 Å². The van der Waals surface area contributed by atoms with E-state index in [1.807, 2.05) is 18.7 Å². The van der Waals surface area contributed by atoms with Gasteiger partial charge in [0.2, 0.25) is 5.91 Å². The van der Waals surface area contributed by atoms with Gasteiger partial charge in [-0.05, 0) is 61.4 Å². The standard InChI is InChI=1S/C26H35N3O3/c1-18(2)26(30)29(17-23-7-4-10-32-23)16-22-14-21-13-19-5-3-6-20(19)15-24(21)27-25(22)28-8-11-31-12-9-28/h13-15,18,23H,3-12,16-17H2,1-2H3. The molecule has 0 saturated carbocycles. The number of morpholine rings is 1. The van der Waals surface area contributed by atoms with Gasteiger partial charge in [0.25, 0.3) is 0 Å². The molecule has 0 radical (unpaired) electrons. The van der Waals surface area contributed by atoms with Gasteiger partial charge in [-0.25, -0.2) is 4.98 Å². The number of hydrogen-bond donors (Lipinski definition) is 0. The third-order valence-electron chi connectivity index (χ3n) is 7.01. The monoisotopic (exact) mass is 437 g/mol. The first-order chi connectivity index (χ1) is 15.6. The molecule has 1 unspecified atom stereocenters. The number of ether oxygens (including phenoxy) is 2. The van der Waals surface area contributed by atoms with Gasteiger partial charge < -0.3 is 19.3 Å². The lowest BCUT2D eigenvalue weighted by Crippen LogP contribution is -2.41. The van der Waals surface area contributed by atoms with Crippen molar-refractivity contribution in [3.05, 3.63) is 34.9 Å². The summed E-state index contributed by atoms with van der Waals surface area (Å²) in [6, 6.07) is 6.89. The number of pyridine rings is 1. The minimum atomic E-state index is -0.0417. The van der Waals surface area contributed by atoms with Crippen molar-refractivity contribution in [3.63, 3.8) is 0 Å². The minimum Gasteiger partial charge on any atom is -0.378 e. The molecule has 5 rings (SSSR count). The van der Waals surface area contributed by atoms with E-state index in [2.05, 4.69) is 23.1 Å². The van der Waals surface area contributed by atoms with Crippen LogP contribution in [0.25, 0.3) is 10.9 Å². The van der Waals surface area contributed by atoms with Crippen LogP contribution in [0, 0.1) is 5.92 Å². The summed E-state index contributed by atoms with van der Waals surface area (Å²) >= 11 is 0. The number of hydrogen-bond acceptors (Lipinski definition) is 5. The molecule has 0 spiro atoms. The van der Waals surface area contributed by atoms with Crippen molar-refractivity contribution in [3.8, 4) is 0 Å². The predicted octanol–water partition coefficient (Wildman–Crippen LogP) is 3.72. The van der Waals surface area contributed by atoms with Crippen LogP contribution in [0.1, 0.15) is 49.8 Å². The lowest BCUT2D eigenvalue weighted by molar-refractivity contribution is -0.136. The number of amides is 1. The molecule has 3 aliphatic rings. The van der Waals surface area contributed by atoms with Crippen LogP contribution >= 0.6 is 0 Å². The first kappa shape index (κ1) is 21.7. The number of carbonyl (C=O) groups is 1. The maximum atomic E-state index is 13.2. The summed E-state index contributed by atoms with van der Waals surface area (Å²) in [5.41, 5.74) is 5.10. The minimum absolute atomic E-state index is 0.0417. The maximum absolute atomic E-state index is 13.2. The van der Waals surface area contributed by atoms with Gasteiger partial charge in [-0.15, -0.1) is 0 Å². The van der Waals surface area contributed by atoms with E-state index in [1.54, 1.807) is 0 Å². The average Bonchev–Trinajstić information content (AvgIpc) is 3.48. The molecule has 2 fully saturated rings. The van der Waals surface area contributed by atoms with Gasteiger partial charge in [-0.3, -0.25) is 4.79 Å². The van der Waals surface area contributed by atoms with Crippen LogP contribution in [0.15, 0.2) is 18.2 Å². The molecule has 1 aromatic heterocycles. The van der Waals surface area contributed by atoms with Crippen LogP contribution in [-0.4, -0.2) is 61.3 Å². The number of aromatic nitrogens is 1. The fourth-order valence-electron chi connectivity index (χ4n) is 5.28. The van der Waals surface area contributed by atoms with E-state index < -0.39 is 0 Å². The van der Waals surface area contributed by atoms with Gasteiger partial charge in [-0.2, -0.15) is 0 Å². The fraction of sp³-hybridized carbons (Fsp3) is 0.615. The third kappa shape index (κ3) is 4.48. The molecule has 2 saturated heterocycles. The second-order valence-electron chi connectivity index (χ2n) is 9.75. The molecule has 3 heterocycles. The van der Waals surface area contributed by atoms with Crippen LogP contribution in [-0.2, 0) is 33.7 Å². The zero-order valence-electron chi connectivity index (χ0n) is 19.4. The molecule has 2 aromatic rings. The molecule has 1 aliphatic carbocycles. The van der Waals surface area contributed by atoms with Gasteiger partial charge in [0.1, 0.15) is 5.82 Å². The van der Waals surface area contributed by atoms with Gasteiger partial charge in [0, 0.05) is 49.7 Å². The Morgan fingerprint density at radius 3 is 2.62 bits per heavy atom. The van der Waals surface area contributed by atoms with E-state index in [1.165, 1.54) is 22.9 Å². The smallest absolute Gasteiger partial charge is 0.225 e. The second kappa shape index (κ2) is 9.36. The molecule has 0 N–H and O–H groups in total. The van der Waals surface area contributed by atoms with Gasteiger partial charge in [0.05, 0.1) is 24.8 Å². The zero-order chi connectivity index (χ0) is 22.1. The SMILES string of the molecule is CC(C)C(=O)N(Cc1cc2cc3c(cc2nc1N1CCOCC1)CCC3)CC1CCCO1. The topological polar surface area (TPSA) is 54.9 Å². The van der Waals surface area contributed by atoms with Gasteiger partial charge in [0.15, 0.2) is 0 Å². The highest BCUT2D eigenvalue weighted by Crippen LogP contribution is 2.31. The van der Waals surface area contributed by atoms with Crippen molar-refractivity contribution in [2.75, 3.05) is 44.4 Å². The first-order valence-corrected chi connectivity index (χ1v) is 12.3. The van der Waals surface area contributed by atoms with Crippen LogP contribution in [0.2, 0.25) is 0 Å². The van der Waals surface area contributed by atoms with Crippen LogP contribution < -0.4 is 4.90 Å². The predicted molar refractivity (Wildman–Crippen MR) is 126 cm³/mol. The van der Waals surface area contributed by atoms with Crippen molar-refractivity contribution in [1.82, 2.24) is 9.88 Å². The van der Waals surface area contributed by atoms with Crippen molar-refractivity contribution in [2.45, 2.75) is 58.6 Å². The van der Waals surface area contributed by atoms with Crippen molar-refractivity contribution in [1.29, 1.82) is 0 Å². The lowest BCUT2D eigenvalue weighted by Gasteiger charge is -2.32. The number of aryl methyl sites for hydroxylation is 2. The second-order valence-corrected chi connectivity index (χ2v) is 9.75. The molecule has 32 heavy (non-hydrogen) atoms. The third-order valence-corrected chi connectivity index (χ3v) is 7.01. The Morgan fingerprint density at radius 1 is 1.12 bits per heavy atom. The lowest BCUT2D eigenvalue weighted by atomic mass is 10.0. The Morgan fingerprint density at radius 2 is 1.91 bits per heavy atom. The molecule has 1 atom stereocenters. The molecule has 0 bridgehead atoms. The fourth-order valence-corrected chi connectivity index (χ4v) is 5.28. The maximum Gasteiger partial charge on any atom is 0.225 e. The Kier molecular flexibility index (Phi) is 6.33. The Bertz CT molecular complexity index is 978. The van der Waals surface area contributed by atoms with E-state index in [0.29, 0.717) is 26.3 Å². The normalized spacial score (nSPS) is 20.8. The molecule has 6 heteroatoms. The highest BCUT2D eigenvalue weighted by Gasteiger charge is 2.27. The summed E-state index contributed by atoms with van der Waals surface area (Å²) in [5, 5.41) is 1.19. The number of anilines is 1. The van der Waals surface area contributed by atoms with Crippen molar-refractivity contribution >= 4 is 22.6 Å². The summed E-state index contributed by atoms with van der Waals surface area (Å²) in [6.07, 6.45) is 5.78. The van der Waals surface area contributed by atoms with Crippen LogP contribution in [0.5, 0.6) is 0 Å². The molecule has 172 valence electrons. The summed E-state index contributed by atoms with van der Waals surface area (Å²) in [6.45, 7) is 9.09. The summed E-state index contributed by atoms with van der Waals surface area (Å²) in [5.74, 6) is 1.15. The molecule has 6 nitrogen and oxygen atoms in total. The van der Waals surface area contributed by atoms with Crippen LogP contribution in [0.3, 0.4) is 0 Å². The number of rotatable bonds is 6. The van der Waals surface area contributed by atoms with Gasteiger partial charge in [-0.1, -0.05) is 13.8 Å². The first-order valence-electron chi connectivity index (χ1n) is 12.3. The molecule has 2 aliphatic heterocycles. The number of fused-ring (bicyclic) bond motifs is 2. The Labute approximate surface area is 190 Å². The summed E-state index contributed by atoms with van der Waals surface area (Å²) < 4.78 is 11.5. The highest BCUT2D eigenvalue weighted by molar-refractivity contribution is 5.84. The molecular weight excluding hydrogens is 402 g/mol. The molecule has 1 amide bonds. The summed E-state index contributed by atoms with van der Waals surface area (Å²) in [4.78, 5) is 22.7. The summed E-state index contributed by atoms with van der Waals surface area (Å²) in [7, 11) is 0.